The smallest absolute Gasteiger partial charge is 0.420 e. The number of halogens is 1. The molecule has 37 heavy (non-hydrogen) atoms. The van der Waals surface area contributed by atoms with Crippen molar-refractivity contribution in [1.29, 1.82) is 0 Å². The highest BCUT2D eigenvalue weighted by molar-refractivity contribution is 7.95. The third-order valence-corrected chi connectivity index (χ3v) is 5.37. The van der Waals surface area contributed by atoms with E-state index in [-0.39, 0.29) is 19.4 Å². The first-order valence-electron chi connectivity index (χ1n) is 11.5. The second-order valence-corrected chi connectivity index (χ2v) is 12.0. The number of benzene rings is 1. The van der Waals surface area contributed by atoms with Crippen molar-refractivity contribution in [1.82, 2.24) is 4.90 Å². The first kappa shape index (κ1) is 34.3. The number of hydrogen-bond acceptors (Lipinski definition) is 8. The van der Waals surface area contributed by atoms with Gasteiger partial charge in [-0.15, -0.1) is 0 Å². The van der Waals surface area contributed by atoms with E-state index in [1.54, 1.807) is 65.8 Å². The van der Waals surface area contributed by atoms with Crippen LogP contribution < -0.4 is 5.73 Å². The van der Waals surface area contributed by atoms with E-state index in [4.69, 9.17) is 19.8 Å². The fraction of sp³-hybridized carbons (Fsp3) is 0.600. The van der Waals surface area contributed by atoms with Crippen LogP contribution in [0.1, 0.15) is 59.9 Å². The average molecular weight is 549 g/mol. The highest BCUT2D eigenvalue weighted by Gasteiger charge is 2.41. The lowest BCUT2D eigenvalue weighted by molar-refractivity contribution is -0.147. The van der Waals surface area contributed by atoms with Crippen molar-refractivity contribution >= 4 is 33.8 Å². The number of nitrogens with zero attached hydrogens (tertiary/aromatic N) is 1. The predicted octanol–water partition coefficient (Wildman–Crippen LogP) is 4.32. The predicted molar refractivity (Wildman–Crippen MR) is 141 cm³/mol. The van der Waals surface area contributed by atoms with E-state index in [1.165, 1.54) is 0 Å². The van der Waals surface area contributed by atoms with Crippen molar-refractivity contribution in [3.8, 4) is 0 Å². The van der Waals surface area contributed by atoms with Gasteiger partial charge < -0.3 is 24.5 Å². The molecule has 1 aromatic rings. The maximum atomic E-state index is 13.5. The van der Waals surface area contributed by atoms with E-state index in [9.17, 15) is 23.0 Å². The summed E-state index contributed by atoms with van der Waals surface area (Å²) in [5.74, 6) is 2.27. The molecule has 0 bridgehead atoms. The molecule has 0 saturated heterocycles. The van der Waals surface area contributed by atoms with Crippen LogP contribution in [0.2, 0.25) is 0 Å². The summed E-state index contributed by atoms with van der Waals surface area (Å²) < 4.78 is 48.6. The molecule has 0 fully saturated rings. The fourth-order valence-electron chi connectivity index (χ4n) is 2.65. The Morgan fingerprint density at radius 1 is 1.03 bits per heavy atom. The lowest BCUT2D eigenvalue weighted by Gasteiger charge is -2.32. The van der Waals surface area contributed by atoms with Gasteiger partial charge in [0.25, 0.3) is 0 Å². The third-order valence-electron chi connectivity index (χ3n) is 4.36. The van der Waals surface area contributed by atoms with E-state index in [0.717, 1.165) is 12.7 Å². The summed E-state index contributed by atoms with van der Waals surface area (Å²) in [7, 11) is -1.91. The number of alkyl halides is 1. The molecule has 10 nitrogen and oxygen atoms in total. The number of carbonyl (C=O) groups excluding carboxylic acids is 3. The van der Waals surface area contributed by atoms with Gasteiger partial charge in [0.2, 0.25) is 0 Å². The summed E-state index contributed by atoms with van der Waals surface area (Å²) in [6.45, 7) is 11.3. The first-order chi connectivity index (χ1) is 16.7. The van der Waals surface area contributed by atoms with Gasteiger partial charge in [-0.1, -0.05) is 17.7 Å². The van der Waals surface area contributed by atoms with Gasteiger partial charge in [0.1, 0.15) is 33.2 Å². The van der Waals surface area contributed by atoms with Crippen molar-refractivity contribution < 1.29 is 41.7 Å². The average Bonchev–Trinajstić information content (AvgIpc) is 2.73. The molecule has 0 aliphatic heterocycles. The Hall–Kier alpha value is -2.70. The van der Waals surface area contributed by atoms with Crippen LogP contribution in [0.4, 0.5) is 14.0 Å². The van der Waals surface area contributed by atoms with Crippen LogP contribution in [0, 0.1) is 6.92 Å². The molecule has 12 heteroatoms. The van der Waals surface area contributed by atoms with Crippen LogP contribution in [-0.4, -0.2) is 74.8 Å². The number of imide groups is 1. The highest BCUT2D eigenvalue weighted by atomic mass is 32.2. The quantitative estimate of drug-likeness (QED) is 0.289. The number of hydrogen-bond donors (Lipinski definition) is 2. The molecular formula is C25H41FN2O8S. The zero-order valence-electron chi connectivity index (χ0n) is 22.9. The molecule has 1 rings (SSSR count). The van der Waals surface area contributed by atoms with Gasteiger partial charge >= 0.3 is 18.2 Å². The highest BCUT2D eigenvalue weighted by Crippen LogP contribution is 2.20. The van der Waals surface area contributed by atoms with Crippen molar-refractivity contribution in [3.63, 3.8) is 0 Å². The molecule has 0 aromatic heterocycles. The molecule has 2 unspecified atom stereocenters. The van der Waals surface area contributed by atoms with Crippen LogP contribution in [0.15, 0.2) is 29.2 Å². The van der Waals surface area contributed by atoms with E-state index < -0.39 is 51.4 Å². The topological polar surface area (TPSA) is 145 Å². The van der Waals surface area contributed by atoms with Crippen molar-refractivity contribution in [2.45, 2.75) is 89.6 Å². The second kappa shape index (κ2) is 14.3. The summed E-state index contributed by atoms with van der Waals surface area (Å²) in [5.41, 5.74) is 4.47. The van der Waals surface area contributed by atoms with Crippen LogP contribution in [0.25, 0.3) is 0 Å². The zero-order chi connectivity index (χ0) is 29.2. The van der Waals surface area contributed by atoms with Crippen molar-refractivity contribution in [3.05, 3.63) is 29.8 Å². The van der Waals surface area contributed by atoms with E-state index in [0.29, 0.717) is 9.80 Å². The Morgan fingerprint density at radius 2 is 1.46 bits per heavy atom. The summed E-state index contributed by atoms with van der Waals surface area (Å²) in [4.78, 5) is 38.2. The largest absolute Gasteiger partial charge is 0.467 e. The molecule has 0 saturated carbocycles. The molecule has 3 N–H and O–H groups in total. The number of nitrogens with two attached hydrogens (primary N) is 1. The van der Waals surface area contributed by atoms with Gasteiger partial charge in [0.15, 0.2) is 0 Å². The molecule has 0 radical (unpaired) electrons. The normalized spacial score (nSPS) is 14.7. The SMILES string of the molecule is C=S(=O)(O)c1ccc(C)cc1.COC(=O)[C@H](CCC(F)CN)N(C(=O)OC(C)(C)C)C(=O)OC(C)(C)C. The molecule has 2 amide bonds. The third kappa shape index (κ3) is 14.0. The monoisotopic (exact) mass is 548 g/mol. The molecule has 0 heterocycles. The molecule has 212 valence electrons. The van der Waals surface area contributed by atoms with Crippen molar-refractivity contribution in [2.75, 3.05) is 13.7 Å². The molecule has 1 aromatic carbocycles. The van der Waals surface area contributed by atoms with Crippen LogP contribution in [0.5, 0.6) is 0 Å². The number of methoxy groups -OCH3 is 1. The Bertz CT molecular complexity index is 971. The van der Waals surface area contributed by atoms with E-state index in [1.807, 2.05) is 6.92 Å². The number of rotatable bonds is 7. The maximum absolute atomic E-state index is 13.5. The number of esters is 1. The van der Waals surface area contributed by atoms with Gasteiger partial charge in [-0.2, -0.15) is 4.90 Å². The standard InChI is InChI=1S/C17H31FN2O6.C8H10O2S/c1-16(2,3)25-14(22)20(15(23)26-17(4,5)6)12(13(21)24-7)9-8-11(18)10-19;1-7-3-5-8(6-4-7)11(2,9)10/h11-12H,8-10,19H2,1-7H3;3-6H,2H2,1H3,(H,9,10)/t11?,12-;/m0./s1. The number of carbonyl (C=O) groups is 3. The molecule has 0 aliphatic rings. The first-order valence-corrected chi connectivity index (χ1v) is 13.2. The van der Waals surface area contributed by atoms with Gasteiger partial charge in [-0.25, -0.2) is 23.0 Å². The Balaban J connectivity index is 0.000000970. The number of ether oxygens (including phenoxy) is 3. The lowest BCUT2D eigenvalue weighted by atomic mass is 10.1. The van der Waals surface area contributed by atoms with Gasteiger partial charge in [0.05, 0.1) is 12.0 Å². The van der Waals surface area contributed by atoms with Gasteiger partial charge in [-0.05, 0) is 79.3 Å². The lowest BCUT2D eigenvalue weighted by Crippen LogP contribution is -2.52. The minimum atomic E-state index is -3.02. The summed E-state index contributed by atoms with van der Waals surface area (Å²) in [6.07, 6.45) is -3.86. The molecule has 3 atom stereocenters. The zero-order valence-corrected chi connectivity index (χ0v) is 23.7. The summed E-state index contributed by atoms with van der Waals surface area (Å²) in [6, 6.07) is 5.41. The minimum Gasteiger partial charge on any atom is -0.467 e. The Morgan fingerprint density at radius 3 is 1.78 bits per heavy atom. The van der Waals surface area contributed by atoms with Crippen molar-refractivity contribution in [2.24, 2.45) is 5.73 Å². The summed E-state index contributed by atoms with van der Waals surface area (Å²) in [5, 5.41) is 0. The second-order valence-electron chi connectivity index (χ2n) is 10.2. The van der Waals surface area contributed by atoms with E-state index >= 15 is 0 Å². The van der Waals surface area contributed by atoms with Crippen LogP contribution in [-0.2, 0) is 28.8 Å². The molecule has 0 spiro atoms. The summed E-state index contributed by atoms with van der Waals surface area (Å²) >= 11 is 0. The molecule has 0 aliphatic carbocycles. The van der Waals surface area contributed by atoms with E-state index in [2.05, 4.69) is 10.6 Å². The number of amides is 2. The van der Waals surface area contributed by atoms with Crippen LogP contribution in [0.3, 0.4) is 0 Å². The maximum Gasteiger partial charge on any atom is 0.420 e. The Labute approximate surface area is 219 Å². The number of aryl methyl sites for hydroxylation is 1. The van der Waals surface area contributed by atoms with Gasteiger partial charge in [-0.3, -0.25) is 0 Å². The minimum absolute atomic E-state index is 0.141. The molecular weight excluding hydrogens is 507 g/mol. The Kier molecular flexibility index (Phi) is 13.3. The fourth-order valence-corrected chi connectivity index (χ4v) is 3.21. The van der Waals surface area contributed by atoms with Gasteiger partial charge in [0, 0.05) is 6.54 Å². The van der Waals surface area contributed by atoms with Crippen LogP contribution >= 0.6 is 0 Å².